The van der Waals surface area contributed by atoms with E-state index in [1.54, 1.807) is 0 Å². The van der Waals surface area contributed by atoms with Gasteiger partial charge in [-0.15, -0.1) is 0 Å². The highest BCUT2D eigenvalue weighted by atomic mass is 19.4. The minimum atomic E-state index is -4.84. The number of alkyl halides is 3. The summed E-state index contributed by atoms with van der Waals surface area (Å²) >= 11 is 0. The van der Waals surface area contributed by atoms with E-state index in [2.05, 4.69) is 163 Å². The number of hydrogen-bond acceptors (Lipinski definition) is 5. The Morgan fingerprint density at radius 2 is 0.933 bits per heavy atom. The van der Waals surface area contributed by atoms with E-state index in [1.807, 2.05) is 121 Å². The summed E-state index contributed by atoms with van der Waals surface area (Å²) in [5, 5.41) is 7.10. The summed E-state index contributed by atoms with van der Waals surface area (Å²) in [6.45, 7) is 4.91. The third-order valence-electron chi connectivity index (χ3n) is 18.0. The van der Waals surface area contributed by atoms with Crippen LogP contribution in [0.5, 0.6) is 0 Å². The largest absolute Gasteiger partial charge is 0.456 e. The molecule has 0 radical (unpaired) electrons. The van der Waals surface area contributed by atoms with Crippen molar-refractivity contribution in [2.75, 3.05) is 16.3 Å². The Kier molecular flexibility index (Phi) is 11.9. The fraction of sp³-hybridized carbons (Fsp3) is 0.0617. The van der Waals surface area contributed by atoms with Gasteiger partial charge in [-0.1, -0.05) is 190 Å². The average Bonchev–Trinajstić information content (AvgIpc) is 1.70. The van der Waals surface area contributed by atoms with Gasteiger partial charge in [0.1, 0.15) is 33.5 Å². The molecule has 1 aliphatic rings. The summed E-state index contributed by atoms with van der Waals surface area (Å²) in [5.41, 5.74) is 15.9. The molecule has 3 aromatic heterocycles. The molecule has 0 saturated carbocycles. The van der Waals surface area contributed by atoms with E-state index in [-0.39, 0.29) is 11.5 Å². The molecular formula is C81H53F3N2O3. The predicted molar refractivity (Wildman–Crippen MR) is 361 cm³/mol. The lowest BCUT2D eigenvalue weighted by Gasteiger charge is -2.33. The zero-order valence-corrected chi connectivity index (χ0v) is 48.4. The van der Waals surface area contributed by atoms with Crippen LogP contribution in [-0.4, -0.2) is 6.54 Å². The molecule has 426 valence electrons. The van der Waals surface area contributed by atoms with E-state index in [0.717, 1.165) is 111 Å². The van der Waals surface area contributed by atoms with Crippen molar-refractivity contribution in [3.8, 4) is 33.4 Å². The highest BCUT2D eigenvalue weighted by molar-refractivity contribution is 6.39. The summed E-state index contributed by atoms with van der Waals surface area (Å²) in [5.74, 6) is 0.191. The number of rotatable bonds is 9. The van der Waals surface area contributed by atoms with Crippen molar-refractivity contribution in [3.05, 3.63) is 283 Å². The second-order valence-electron chi connectivity index (χ2n) is 23.6. The maximum atomic E-state index is 16.6. The van der Waals surface area contributed by atoms with Crippen molar-refractivity contribution in [1.29, 1.82) is 0 Å². The molecule has 0 bridgehead atoms. The van der Waals surface area contributed by atoms with Crippen LogP contribution < -0.4 is 9.80 Å². The van der Waals surface area contributed by atoms with Gasteiger partial charge >= 0.3 is 6.18 Å². The van der Waals surface area contributed by atoms with Crippen LogP contribution in [-0.2, 0) is 6.18 Å². The molecule has 0 unspecified atom stereocenters. The number of halogens is 3. The van der Waals surface area contributed by atoms with Crippen molar-refractivity contribution in [2.45, 2.75) is 25.9 Å². The molecule has 17 rings (SSSR count). The van der Waals surface area contributed by atoms with Gasteiger partial charge in [0.05, 0.1) is 16.6 Å². The zero-order chi connectivity index (χ0) is 59.6. The standard InChI is InChI=1S/C81H53F3N2O3/c1-48(2)54-33-39-71-63(42-54)75-68(85-47-56(50-21-9-4-10-22-50)41-55-27-15-17-29-67(55)85)46-65-74(53-25-13-6-14-26-53)73(52-23-11-5-12-24-52)64-45-66(81(82,83)84)79-77(76(64)78(65)80(75)88-71)61-38-36-59(44-72(61)89-79)86(57-34-31-51(32-35-57)49-19-7-3-8-20-49)58-37-40-70-62(43-58)60-28-16-18-30-69(60)87-70/h3-46,48H,47H2,1-2H3. The van der Waals surface area contributed by atoms with Crippen molar-refractivity contribution in [3.63, 3.8) is 0 Å². The van der Waals surface area contributed by atoms with Gasteiger partial charge in [-0.05, 0) is 157 Å². The smallest absolute Gasteiger partial charge is 0.420 e. The molecule has 0 saturated heterocycles. The van der Waals surface area contributed by atoms with Crippen LogP contribution in [0.2, 0.25) is 0 Å². The highest BCUT2D eigenvalue weighted by Crippen LogP contribution is 2.56. The molecular weight excluding hydrogens is 1110 g/mol. The summed E-state index contributed by atoms with van der Waals surface area (Å²) in [6.07, 6.45) is -2.56. The van der Waals surface area contributed by atoms with E-state index in [0.29, 0.717) is 61.5 Å². The Bertz CT molecular complexity index is 5530. The number of anilines is 5. The van der Waals surface area contributed by atoms with E-state index >= 15 is 13.2 Å². The number of para-hydroxylation sites is 2. The number of furan rings is 3. The maximum absolute atomic E-state index is 16.6. The summed E-state index contributed by atoms with van der Waals surface area (Å²) < 4.78 is 70.4. The molecule has 16 aromatic rings. The molecule has 89 heavy (non-hydrogen) atoms. The van der Waals surface area contributed by atoms with Gasteiger partial charge in [0.15, 0.2) is 0 Å². The first kappa shape index (κ1) is 52.3. The number of hydrogen-bond donors (Lipinski definition) is 0. The molecule has 13 aromatic carbocycles. The molecule has 1 aliphatic heterocycles. The predicted octanol–water partition coefficient (Wildman–Crippen LogP) is 24.0. The van der Waals surface area contributed by atoms with Gasteiger partial charge in [-0.3, -0.25) is 0 Å². The van der Waals surface area contributed by atoms with Gasteiger partial charge in [0, 0.05) is 73.1 Å². The molecule has 0 N–H and O–H groups in total. The lowest BCUT2D eigenvalue weighted by atomic mass is 9.82. The highest BCUT2D eigenvalue weighted by Gasteiger charge is 2.38. The Morgan fingerprint density at radius 1 is 0.382 bits per heavy atom. The average molecular weight is 1160 g/mol. The monoisotopic (exact) mass is 1160 g/mol. The van der Waals surface area contributed by atoms with Crippen LogP contribution in [0, 0.1) is 0 Å². The Balaban J connectivity index is 1.01. The molecule has 0 fully saturated rings. The summed E-state index contributed by atoms with van der Waals surface area (Å²) in [7, 11) is 0. The second kappa shape index (κ2) is 20.3. The first-order valence-corrected chi connectivity index (χ1v) is 30.1. The normalized spacial score (nSPS) is 12.9. The third-order valence-corrected chi connectivity index (χ3v) is 18.0. The molecule has 0 aliphatic carbocycles. The Labute approximate surface area is 510 Å². The number of nitrogens with zero attached hydrogens (tertiary/aromatic N) is 2. The van der Waals surface area contributed by atoms with Gasteiger partial charge in [-0.25, -0.2) is 0 Å². The van der Waals surface area contributed by atoms with E-state index in [4.69, 9.17) is 13.3 Å². The molecule has 5 nitrogen and oxygen atoms in total. The van der Waals surface area contributed by atoms with Crippen LogP contribution in [0.4, 0.5) is 41.6 Å². The minimum absolute atomic E-state index is 0.191. The van der Waals surface area contributed by atoms with Crippen LogP contribution in [0.3, 0.4) is 0 Å². The van der Waals surface area contributed by atoms with Crippen LogP contribution in [0.1, 0.15) is 42.0 Å². The molecule has 0 amide bonds. The molecule has 4 heterocycles. The van der Waals surface area contributed by atoms with Gasteiger partial charge in [0.25, 0.3) is 0 Å². The third kappa shape index (κ3) is 8.46. The van der Waals surface area contributed by atoms with E-state index in [1.165, 1.54) is 6.07 Å². The van der Waals surface area contributed by atoms with E-state index < -0.39 is 11.7 Å². The van der Waals surface area contributed by atoms with Gasteiger partial charge in [0.2, 0.25) is 0 Å². The quantitative estimate of drug-likeness (QED) is 0.135. The van der Waals surface area contributed by atoms with Crippen LogP contribution in [0.15, 0.2) is 274 Å². The zero-order valence-electron chi connectivity index (χ0n) is 48.4. The number of fused-ring (bicyclic) bond motifs is 15. The summed E-state index contributed by atoms with van der Waals surface area (Å²) in [4.78, 5) is 4.53. The second-order valence-corrected chi connectivity index (χ2v) is 23.6. The van der Waals surface area contributed by atoms with Gasteiger partial charge < -0.3 is 23.1 Å². The fourth-order valence-electron chi connectivity index (χ4n) is 13.9. The number of benzene rings is 13. The first-order valence-electron chi connectivity index (χ1n) is 30.1. The van der Waals surface area contributed by atoms with Crippen molar-refractivity contribution >= 4 is 127 Å². The SMILES string of the molecule is CC(C)c1ccc2oc3c(c(N4CC(c5ccccc5)=Cc5ccccc54)cc4c(-c5ccccc5)c(-c5ccccc5)c5cc(C(F)(F)F)c6oc7cc(N(c8ccc(-c9ccccc9)cc8)c8ccc9oc%10ccccc%10c9c8)ccc7c6c5c43)c2c1. The van der Waals surface area contributed by atoms with Crippen molar-refractivity contribution < 1.29 is 26.4 Å². The lowest BCUT2D eigenvalue weighted by Crippen LogP contribution is -2.23. The molecule has 0 spiro atoms. The summed E-state index contributed by atoms with van der Waals surface area (Å²) in [6, 6.07) is 87.4. The van der Waals surface area contributed by atoms with Gasteiger partial charge in [-0.2, -0.15) is 13.2 Å². The van der Waals surface area contributed by atoms with Crippen molar-refractivity contribution in [2.24, 2.45) is 0 Å². The Morgan fingerprint density at radius 3 is 1.64 bits per heavy atom. The maximum Gasteiger partial charge on any atom is 0.420 e. The van der Waals surface area contributed by atoms with Crippen molar-refractivity contribution in [1.82, 2.24) is 0 Å². The molecule has 8 heteroatoms. The van der Waals surface area contributed by atoms with Crippen LogP contribution in [0.25, 0.3) is 132 Å². The van der Waals surface area contributed by atoms with Crippen LogP contribution >= 0.6 is 0 Å². The molecule has 0 atom stereocenters. The fourth-order valence-corrected chi connectivity index (χ4v) is 13.9. The minimum Gasteiger partial charge on any atom is -0.456 e. The topological polar surface area (TPSA) is 45.9 Å². The Hall–Kier alpha value is -11.1. The first-order chi connectivity index (χ1) is 43.6. The lowest BCUT2D eigenvalue weighted by molar-refractivity contribution is -0.136. The van der Waals surface area contributed by atoms with E-state index in [9.17, 15) is 0 Å².